The average Bonchev–Trinajstić information content (AvgIpc) is 3.12. The lowest BCUT2D eigenvalue weighted by Gasteiger charge is -2.28. The average molecular weight is 351 g/mol. The number of likely N-dealkylation sites (tertiary alicyclic amines) is 1. The number of nitrogens with zero attached hydrogens (tertiary/aromatic N) is 2. The van der Waals surface area contributed by atoms with Gasteiger partial charge in [0.2, 0.25) is 11.5 Å². The molecule has 0 aromatic carbocycles. The first-order chi connectivity index (χ1) is 11.9. The van der Waals surface area contributed by atoms with Crippen LogP contribution < -0.4 is 5.32 Å². The number of imide groups is 1. The zero-order valence-electron chi connectivity index (χ0n) is 14.5. The molecule has 3 aliphatic heterocycles. The van der Waals surface area contributed by atoms with Crippen LogP contribution in [0.5, 0.6) is 0 Å². The van der Waals surface area contributed by atoms with Crippen LogP contribution in [0.15, 0.2) is 5.16 Å². The van der Waals surface area contributed by atoms with Crippen LogP contribution in [0.3, 0.4) is 0 Å². The summed E-state index contributed by atoms with van der Waals surface area (Å²) >= 11 is 0. The fourth-order valence-corrected chi connectivity index (χ4v) is 3.96. The Morgan fingerprint density at radius 1 is 1.40 bits per heavy atom. The molecule has 1 spiro atoms. The summed E-state index contributed by atoms with van der Waals surface area (Å²) in [6.07, 6.45) is 2.67. The molecule has 2 atom stereocenters. The zero-order chi connectivity index (χ0) is 18.0. The molecule has 2 amide bonds. The number of aliphatic carboxylic acids is 1. The van der Waals surface area contributed by atoms with E-state index >= 15 is 0 Å². The molecular formula is C17H25N3O5. The Kier molecular flexibility index (Phi) is 5.08. The predicted molar refractivity (Wildman–Crippen MR) is 88.8 cm³/mol. The van der Waals surface area contributed by atoms with E-state index in [0.29, 0.717) is 12.3 Å². The fourth-order valence-electron chi connectivity index (χ4n) is 3.96. The van der Waals surface area contributed by atoms with E-state index in [-0.39, 0.29) is 43.5 Å². The Hall–Kier alpha value is -1.96. The molecule has 3 aliphatic rings. The molecule has 2 fully saturated rings. The minimum atomic E-state index is -1.20. The monoisotopic (exact) mass is 351 g/mol. The maximum Gasteiger partial charge on any atom is 0.303 e. The number of piperidine rings is 1. The molecule has 0 saturated carbocycles. The van der Waals surface area contributed by atoms with E-state index in [1.54, 1.807) is 0 Å². The van der Waals surface area contributed by atoms with E-state index in [2.05, 4.69) is 17.4 Å². The van der Waals surface area contributed by atoms with Crippen LogP contribution in [0.4, 0.5) is 0 Å². The second-order valence-electron chi connectivity index (χ2n) is 7.25. The molecule has 0 aromatic heterocycles. The van der Waals surface area contributed by atoms with Crippen molar-refractivity contribution in [2.75, 3.05) is 19.6 Å². The van der Waals surface area contributed by atoms with Crippen LogP contribution in [0, 0.1) is 11.8 Å². The first-order valence-corrected chi connectivity index (χ1v) is 8.95. The lowest BCUT2D eigenvalue weighted by Crippen LogP contribution is -2.42. The van der Waals surface area contributed by atoms with Crippen molar-refractivity contribution in [1.29, 1.82) is 0 Å². The van der Waals surface area contributed by atoms with Crippen molar-refractivity contribution in [3.8, 4) is 0 Å². The molecule has 25 heavy (non-hydrogen) atoms. The van der Waals surface area contributed by atoms with Crippen molar-refractivity contribution in [1.82, 2.24) is 10.2 Å². The Balaban J connectivity index is 1.61. The molecule has 138 valence electrons. The third-order valence-corrected chi connectivity index (χ3v) is 5.57. The van der Waals surface area contributed by atoms with E-state index in [1.807, 2.05) is 0 Å². The van der Waals surface area contributed by atoms with Crippen LogP contribution in [0.1, 0.15) is 45.4 Å². The van der Waals surface area contributed by atoms with Gasteiger partial charge in [0.25, 0.3) is 5.91 Å². The summed E-state index contributed by atoms with van der Waals surface area (Å²) < 4.78 is 0. The van der Waals surface area contributed by atoms with Gasteiger partial charge in [0.1, 0.15) is 0 Å². The zero-order valence-corrected chi connectivity index (χ0v) is 14.5. The van der Waals surface area contributed by atoms with Gasteiger partial charge in [-0.1, -0.05) is 12.1 Å². The van der Waals surface area contributed by atoms with Crippen LogP contribution in [-0.2, 0) is 19.2 Å². The number of hydrogen-bond acceptors (Lipinski definition) is 6. The number of amides is 2. The van der Waals surface area contributed by atoms with Crippen LogP contribution in [0.25, 0.3) is 0 Å². The molecule has 3 rings (SSSR count). The summed E-state index contributed by atoms with van der Waals surface area (Å²) in [7, 11) is 0. The number of hydrogen-bond donors (Lipinski definition) is 2. The molecule has 2 saturated heterocycles. The molecular weight excluding hydrogens is 326 g/mol. The summed E-state index contributed by atoms with van der Waals surface area (Å²) in [5.41, 5.74) is -0.336. The highest BCUT2D eigenvalue weighted by atomic mass is 16.7. The second-order valence-corrected chi connectivity index (χ2v) is 7.25. The molecule has 3 heterocycles. The van der Waals surface area contributed by atoms with E-state index in [0.717, 1.165) is 36.5 Å². The molecule has 0 bridgehead atoms. The Morgan fingerprint density at radius 2 is 2.12 bits per heavy atom. The highest BCUT2D eigenvalue weighted by Gasteiger charge is 2.57. The lowest BCUT2D eigenvalue weighted by molar-refractivity contribution is -0.148. The number of carboxylic acid groups (broad SMARTS) is 1. The van der Waals surface area contributed by atoms with Gasteiger partial charge in [0.15, 0.2) is 0 Å². The van der Waals surface area contributed by atoms with E-state index in [4.69, 9.17) is 9.94 Å². The molecule has 0 radical (unpaired) electrons. The SMILES string of the molecule is CC(C1=NOC2(CC(=O)N(CCCC(=O)O)C2=O)C1)C1CCNCC1. The molecule has 0 aromatic rings. The number of oxime groups is 1. The van der Waals surface area contributed by atoms with Crippen molar-refractivity contribution in [3.63, 3.8) is 0 Å². The maximum atomic E-state index is 12.7. The topological polar surface area (TPSA) is 108 Å². The van der Waals surface area contributed by atoms with E-state index in [1.165, 1.54) is 0 Å². The highest BCUT2D eigenvalue weighted by molar-refractivity contribution is 6.10. The second kappa shape index (κ2) is 7.11. The van der Waals surface area contributed by atoms with Gasteiger partial charge in [-0.25, -0.2) is 0 Å². The van der Waals surface area contributed by atoms with E-state index in [9.17, 15) is 14.4 Å². The number of nitrogens with one attached hydrogen (secondary N) is 1. The molecule has 0 aliphatic carbocycles. The standard InChI is InChI=1S/C17H25N3O5/c1-11(12-4-6-18-7-5-12)13-9-17(25-19-13)10-14(21)20(16(17)24)8-2-3-15(22)23/h11-12,18H,2-10H2,1H3,(H,22,23). The summed E-state index contributed by atoms with van der Waals surface area (Å²) in [4.78, 5) is 42.2. The van der Waals surface area contributed by atoms with Gasteiger partial charge >= 0.3 is 5.97 Å². The Morgan fingerprint density at radius 3 is 2.80 bits per heavy atom. The maximum absolute atomic E-state index is 12.7. The minimum Gasteiger partial charge on any atom is -0.481 e. The summed E-state index contributed by atoms with van der Waals surface area (Å²) in [6.45, 7) is 4.21. The first kappa shape index (κ1) is 17.8. The van der Waals surface area contributed by atoms with Gasteiger partial charge in [-0.2, -0.15) is 0 Å². The number of carboxylic acids is 1. The van der Waals surface area contributed by atoms with Crippen molar-refractivity contribution < 1.29 is 24.3 Å². The quantitative estimate of drug-likeness (QED) is 0.684. The molecule has 8 heteroatoms. The molecule has 2 N–H and O–H groups in total. The normalized spacial score (nSPS) is 28.4. The van der Waals surface area contributed by atoms with Gasteiger partial charge in [0.05, 0.1) is 12.1 Å². The third kappa shape index (κ3) is 3.53. The number of carbonyl (C=O) groups is 3. The molecule has 2 unspecified atom stereocenters. The first-order valence-electron chi connectivity index (χ1n) is 8.95. The Bertz CT molecular complexity index is 599. The van der Waals surface area contributed by atoms with Gasteiger partial charge in [-0.05, 0) is 38.3 Å². The van der Waals surface area contributed by atoms with Crippen LogP contribution in [0.2, 0.25) is 0 Å². The highest BCUT2D eigenvalue weighted by Crippen LogP contribution is 2.39. The largest absolute Gasteiger partial charge is 0.481 e. The van der Waals surface area contributed by atoms with Crippen molar-refractivity contribution in [2.24, 2.45) is 17.0 Å². The van der Waals surface area contributed by atoms with Crippen molar-refractivity contribution in [3.05, 3.63) is 0 Å². The van der Waals surface area contributed by atoms with Crippen LogP contribution >= 0.6 is 0 Å². The third-order valence-electron chi connectivity index (χ3n) is 5.57. The van der Waals surface area contributed by atoms with Gasteiger partial charge in [0, 0.05) is 25.3 Å². The number of rotatable bonds is 6. The summed E-state index contributed by atoms with van der Waals surface area (Å²) in [5, 5.41) is 16.2. The summed E-state index contributed by atoms with van der Waals surface area (Å²) in [6, 6.07) is 0. The fraction of sp³-hybridized carbons (Fsp3) is 0.765. The minimum absolute atomic E-state index is 0.00908. The summed E-state index contributed by atoms with van der Waals surface area (Å²) in [5.74, 6) is -0.879. The van der Waals surface area contributed by atoms with E-state index < -0.39 is 11.6 Å². The van der Waals surface area contributed by atoms with Crippen LogP contribution in [-0.4, -0.2) is 58.7 Å². The number of carbonyl (C=O) groups excluding carboxylic acids is 2. The van der Waals surface area contributed by atoms with Crippen molar-refractivity contribution in [2.45, 2.75) is 51.0 Å². The predicted octanol–water partition coefficient (Wildman–Crippen LogP) is 0.761. The Labute approximate surface area is 146 Å². The van der Waals surface area contributed by atoms with Gasteiger partial charge in [-0.3, -0.25) is 19.3 Å². The van der Waals surface area contributed by atoms with Gasteiger partial charge in [-0.15, -0.1) is 0 Å². The molecule has 8 nitrogen and oxygen atoms in total. The smallest absolute Gasteiger partial charge is 0.303 e. The lowest BCUT2D eigenvalue weighted by atomic mass is 9.80. The van der Waals surface area contributed by atoms with Crippen molar-refractivity contribution >= 4 is 23.5 Å². The van der Waals surface area contributed by atoms with Gasteiger partial charge < -0.3 is 15.3 Å².